The number of aryl methyl sites for hydroxylation is 1. The molecule has 0 aromatic heterocycles. The molecule has 5 N–H and O–H groups in total. The number of carbonyl (C=O) groups excluding carboxylic acids is 1. The van der Waals surface area contributed by atoms with Gasteiger partial charge in [0.2, 0.25) is 5.79 Å². The molecule has 0 spiro atoms. The van der Waals surface area contributed by atoms with Crippen LogP contribution in [-0.4, -0.2) is 129 Å². The van der Waals surface area contributed by atoms with Gasteiger partial charge in [-0.15, -0.1) is 0 Å². The van der Waals surface area contributed by atoms with Gasteiger partial charge in [0.15, 0.2) is 30.1 Å². The molecule has 6 aliphatic rings. The third kappa shape index (κ3) is 5.22. The SMILES string of the molecule is COc1c2c(c(O)c3c4c(c(C)cc13)C1OC3(COC5CC(C)(O)C(OC6CC(C)(O)C(O)C(C)O6)C(C)O5)OC1[C@@](OC)(O4)[C@@]3(O)CBr)C(=O)CCC2. The number of aliphatic hydroxyl groups excluding tert-OH is 1. The number of phenolic OH excluding ortho intramolecular Hbond substituents is 1. The largest absolute Gasteiger partial charge is 0.506 e. The van der Waals surface area contributed by atoms with Crippen LogP contribution in [0, 0.1) is 6.92 Å². The Balaban J connectivity index is 1.10. The van der Waals surface area contributed by atoms with Crippen LogP contribution in [0.25, 0.3) is 10.8 Å². The van der Waals surface area contributed by atoms with Crippen molar-refractivity contribution in [1.82, 2.24) is 0 Å². The minimum atomic E-state index is -2.06. The van der Waals surface area contributed by atoms with E-state index in [0.29, 0.717) is 35.1 Å². The van der Waals surface area contributed by atoms with Crippen molar-refractivity contribution in [2.24, 2.45) is 0 Å². The van der Waals surface area contributed by atoms with Crippen LogP contribution in [-0.2, 0) is 39.6 Å². The van der Waals surface area contributed by atoms with Gasteiger partial charge in [0.25, 0.3) is 5.79 Å². The molecule has 16 heteroatoms. The Morgan fingerprint density at radius 2 is 1.70 bits per heavy atom. The third-order valence-corrected chi connectivity index (χ3v) is 13.2. The summed E-state index contributed by atoms with van der Waals surface area (Å²) in [5, 5.41) is 57.7. The maximum Gasteiger partial charge on any atom is 0.275 e. The molecule has 5 aliphatic heterocycles. The minimum absolute atomic E-state index is 0.0163. The van der Waals surface area contributed by atoms with Gasteiger partial charge < -0.3 is 68.2 Å². The van der Waals surface area contributed by atoms with E-state index in [9.17, 15) is 30.3 Å². The Bertz CT molecular complexity index is 1870. The maximum absolute atomic E-state index is 13.2. The first kappa shape index (κ1) is 38.7. The number of hydrogen-bond acceptors (Lipinski definition) is 15. The molecular formula is C38H49BrO15. The van der Waals surface area contributed by atoms with E-state index in [4.69, 9.17) is 42.6 Å². The Morgan fingerprint density at radius 3 is 2.35 bits per heavy atom. The summed E-state index contributed by atoms with van der Waals surface area (Å²) in [5.74, 6) is -3.52. The summed E-state index contributed by atoms with van der Waals surface area (Å²) in [4.78, 5) is 13.2. The highest BCUT2D eigenvalue weighted by atomic mass is 79.9. The summed E-state index contributed by atoms with van der Waals surface area (Å²) < 4.78 is 56.4. The highest BCUT2D eigenvalue weighted by Crippen LogP contribution is 2.67. The molecule has 298 valence electrons. The molecule has 0 radical (unpaired) electrons. The van der Waals surface area contributed by atoms with Crippen LogP contribution in [0.3, 0.4) is 0 Å². The summed E-state index contributed by atoms with van der Waals surface area (Å²) in [6.45, 7) is 7.95. The molecule has 0 amide bonds. The zero-order chi connectivity index (χ0) is 38.9. The monoisotopic (exact) mass is 824 g/mol. The number of methoxy groups -OCH3 is 2. The lowest BCUT2D eigenvalue weighted by Gasteiger charge is -2.53. The van der Waals surface area contributed by atoms with Crippen molar-refractivity contribution >= 4 is 32.5 Å². The number of alkyl halides is 1. The molecule has 2 bridgehead atoms. The van der Waals surface area contributed by atoms with Crippen LogP contribution < -0.4 is 9.47 Å². The highest BCUT2D eigenvalue weighted by Gasteiger charge is 2.85. The number of rotatable bonds is 8. The second-order valence-electron chi connectivity index (χ2n) is 16.1. The molecule has 4 saturated heterocycles. The first-order valence-corrected chi connectivity index (χ1v) is 19.5. The number of fused-ring (bicyclic) bond motifs is 6. The van der Waals surface area contributed by atoms with Crippen molar-refractivity contribution in [2.45, 2.75) is 144 Å². The standard InChI is InChI=1S/C38H49BrO15/c1-16-11-20-26(27(41)25-19(28(20)46-6)9-8-10-21(25)40)29-24(16)30-33-38(47-7,53-29)36(45,14-39)37(52-30,54-33)15-48-22-12-35(5,44)32(18(3)50-22)51-23-13-34(4,43)31(42)17(2)49-23/h11,17-18,22-23,30-33,41-45H,8-10,12-15H2,1-7H3/t17?,18?,22?,23?,30?,31?,32?,33?,34?,35?,36-,37?,38-/m1/s1. The fourth-order valence-electron chi connectivity index (χ4n) is 9.74. The predicted molar refractivity (Wildman–Crippen MR) is 191 cm³/mol. The van der Waals surface area contributed by atoms with Gasteiger partial charge in [0.05, 0.1) is 41.5 Å². The van der Waals surface area contributed by atoms with Crippen molar-refractivity contribution in [1.29, 1.82) is 0 Å². The first-order chi connectivity index (χ1) is 25.4. The number of ketones is 1. The molecule has 5 heterocycles. The van der Waals surface area contributed by atoms with Gasteiger partial charge in [-0.25, -0.2) is 0 Å². The Kier molecular flexibility index (Phi) is 9.25. The number of benzene rings is 2. The van der Waals surface area contributed by atoms with Gasteiger partial charge in [-0.1, -0.05) is 15.9 Å². The molecule has 4 fully saturated rings. The fourth-order valence-corrected chi connectivity index (χ4v) is 10.6. The van der Waals surface area contributed by atoms with Crippen molar-refractivity contribution in [3.8, 4) is 17.2 Å². The van der Waals surface area contributed by atoms with Gasteiger partial charge in [0.1, 0.15) is 42.2 Å². The van der Waals surface area contributed by atoms with Crippen molar-refractivity contribution in [3.63, 3.8) is 0 Å². The van der Waals surface area contributed by atoms with Crippen molar-refractivity contribution in [2.75, 3.05) is 26.2 Å². The van der Waals surface area contributed by atoms with Crippen LogP contribution in [0.2, 0.25) is 0 Å². The molecule has 15 nitrogen and oxygen atoms in total. The predicted octanol–water partition coefficient (Wildman–Crippen LogP) is 2.94. The average Bonchev–Trinajstić information content (AvgIpc) is 3.60. The summed E-state index contributed by atoms with van der Waals surface area (Å²) in [7, 11) is 2.91. The van der Waals surface area contributed by atoms with Crippen molar-refractivity contribution < 1.29 is 73.0 Å². The third-order valence-electron chi connectivity index (χ3n) is 12.4. The maximum atomic E-state index is 13.2. The van der Waals surface area contributed by atoms with Gasteiger partial charge in [-0.05, 0) is 59.1 Å². The Hall–Kier alpha value is -2.19. The lowest BCUT2D eigenvalue weighted by molar-refractivity contribution is -0.369. The number of Topliss-reactive ketones (excluding diaryl/α,β-unsaturated/α-hetero) is 1. The van der Waals surface area contributed by atoms with Crippen LogP contribution in [0.4, 0.5) is 0 Å². The van der Waals surface area contributed by atoms with E-state index in [1.807, 2.05) is 13.0 Å². The second kappa shape index (κ2) is 12.9. The smallest absolute Gasteiger partial charge is 0.275 e. The molecule has 2 aromatic rings. The minimum Gasteiger partial charge on any atom is -0.506 e. The van der Waals surface area contributed by atoms with Gasteiger partial charge in [0, 0.05) is 48.2 Å². The van der Waals surface area contributed by atoms with Crippen LogP contribution >= 0.6 is 15.9 Å². The van der Waals surface area contributed by atoms with E-state index < -0.39 is 77.6 Å². The average molecular weight is 826 g/mol. The number of aromatic hydroxyl groups is 1. The molecule has 2 aromatic carbocycles. The number of phenols is 1. The van der Waals surface area contributed by atoms with Gasteiger partial charge >= 0.3 is 0 Å². The molecular weight excluding hydrogens is 776 g/mol. The van der Waals surface area contributed by atoms with Crippen LogP contribution in [0.5, 0.6) is 17.2 Å². The molecule has 13 atom stereocenters. The van der Waals surface area contributed by atoms with Crippen LogP contribution in [0.15, 0.2) is 6.07 Å². The molecule has 8 rings (SSSR count). The van der Waals surface area contributed by atoms with E-state index in [1.54, 1.807) is 20.8 Å². The summed E-state index contributed by atoms with van der Waals surface area (Å²) in [6.07, 6.45) is -5.77. The van der Waals surface area contributed by atoms with E-state index in [1.165, 1.54) is 21.1 Å². The zero-order valence-electron chi connectivity index (χ0n) is 31.3. The molecule has 1 aliphatic carbocycles. The van der Waals surface area contributed by atoms with Gasteiger partial charge in [-0.3, -0.25) is 4.79 Å². The fraction of sp³-hybridized carbons (Fsp3) is 0.711. The molecule has 54 heavy (non-hydrogen) atoms. The normalized spacial score (nSPS) is 43.9. The molecule has 11 unspecified atom stereocenters. The van der Waals surface area contributed by atoms with E-state index in [-0.39, 0.29) is 59.4 Å². The number of hydrogen-bond donors (Lipinski definition) is 5. The number of ether oxygens (including phenoxy) is 9. The van der Waals surface area contributed by atoms with Crippen LogP contribution in [0.1, 0.15) is 86.5 Å². The summed E-state index contributed by atoms with van der Waals surface area (Å²) in [6, 6.07) is 1.87. The molecule has 0 saturated carbocycles. The quantitative estimate of drug-likeness (QED) is 0.243. The van der Waals surface area contributed by atoms with E-state index >= 15 is 0 Å². The van der Waals surface area contributed by atoms with Crippen molar-refractivity contribution in [3.05, 3.63) is 28.3 Å². The lowest BCUT2D eigenvalue weighted by Crippen LogP contribution is -2.75. The second-order valence-corrected chi connectivity index (χ2v) is 16.7. The van der Waals surface area contributed by atoms with E-state index in [0.717, 1.165) is 5.56 Å². The summed E-state index contributed by atoms with van der Waals surface area (Å²) in [5.41, 5.74) is -2.88. The zero-order valence-corrected chi connectivity index (χ0v) is 32.9. The number of halogens is 1. The topological polar surface area (TPSA) is 201 Å². The Morgan fingerprint density at radius 1 is 1.00 bits per heavy atom. The number of aliphatic hydroxyl groups is 4. The summed E-state index contributed by atoms with van der Waals surface area (Å²) >= 11 is 3.46. The van der Waals surface area contributed by atoms with E-state index in [2.05, 4.69) is 15.9 Å². The lowest BCUT2D eigenvalue weighted by atomic mass is 9.76. The highest BCUT2D eigenvalue weighted by molar-refractivity contribution is 9.09. The Labute approximate surface area is 320 Å². The van der Waals surface area contributed by atoms with Gasteiger partial charge in [-0.2, -0.15) is 0 Å². The number of carbonyl (C=O) groups is 1. The first-order valence-electron chi connectivity index (χ1n) is 18.4.